The second kappa shape index (κ2) is 5.44. The lowest BCUT2D eigenvalue weighted by Gasteiger charge is -2.19. The van der Waals surface area contributed by atoms with Gasteiger partial charge in [0.05, 0.1) is 11.2 Å². The number of anilines is 2. The summed E-state index contributed by atoms with van der Waals surface area (Å²) < 4.78 is 0. The third kappa shape index (κ3) is 2.55. The fourth-order valence-electron chi connectivity index (χ4n) is 2.69. The zero-order chi connectivity index (χ0) is 14.8. The molecule has 0 saturated heterocycles. The summed E-state index contributed by atoms with van der Waals surface area (Å²) in [7, 11) is 0. The van der Waals surface area contributed by atoms with Crippen molar-refractivity contribution in [2.75, 3.05) is 11.1 Å². The Morgan fingerprint density at radius 2 is 1.86 bits per heavy atom. The van der Waals surface area contributed by atoms with Crippen molar-refractivity contribution in [3.05, 3.63) is 65.9 Å². The number of hydrogen-bond donors (Lipinski definition) is 2. The fraction of sp³-hybridized carbons (Fsp3) is 0.167. The molecule has 106 valence electrons. The van der Waals surface area contributed by atoms with Crippen molar-refractivity contribution in [3.8, 4) is 0 Å². The second-order valence-electron chi connectivity index (χ2n) is 5.32. The molecule has 0 saturated carbocycles. The number of aromatic nitrogens is 1. The maximum Gasteiger partial charge on any atom is 0.0954 e. The average molecular weight is 277 g/mol. The maximum atomic E-state index is 6.02. The molecule has 3 nitrogen and oxygen atoms in total. The Bertz CT molecular complexity index is 780. The van der Waals surface area contributed by atoms with E-state index in [2.05, 4.69) is 48.4 Å². The summed E-state index contributed by atoms with van der Waals surface area (Å²) >= 11 is 0. The Labute approximate surface area is 124 Å². The molecule has 1 atom stereocenters. The number of fused-ring (bicyclic) bond motifs is 1. The lowest BCUT2D eigenvalue weighted by molar-refractivity contribution is 0.875. The normalized spacial score (nSPS) is 12.3. The Kier molecular flexibility index (Phi) is 3.48. The summed E-state index contributed by atoms with van der Waals surface area (Å²) in [5, 5.41) is 4.54. The molecule has 3 N–H and O–H groups in total. The molecule has 2 aromatic carbocycles. The van der Waals surface area contributed by atoms with Crippen LogP contribution in [0.5, 0.6) is 0 Å². The molecule has 0 spiro atoms. The van der Waals surface area contributed by atoms with Crippen molar-refractivity contribution in [3.63, 3.8) is 0 Å². The number of nitrogens with one attached hydrogen (secondary N) is 1. The number of aryl methyl sites for hydroxylation is 1. The molecule has 1 unspecified atom stereocenters. The number of benzene rings is 2. The second-order valence-corrected chi connectivity index (χ2v) is 5.32. The highest BCUT2D eigenvalue weighted by Crippen LogP contribution is 2.29. The Morgan fingerprint density at radius 1 is 1.05 bits per heavy atom. The molecule has 21 heavy (non-hydrogen) atoms. The summed E-state index contributed by atoms with van der Waals surface area (Å²) in [6, 6.07) is 16.5. The van der Waals surface area contributed by atoms with Gasteiger partial charge in [0, 0.05) is 23.3 Å². The first-order chi connectivity index (χ1) is 10.2. The lowest BCUT2D eigenvalue weighted by atomic mass is 10.0. The predicted molar refractivity (Wildman–Crippen MR) is 89.4 cm³/mol. The molecular weight excluding hydrogens is 258 g/mol. The van der Waals surface area contributed by atoms with E-state index in [0.717, 1.165) is 22.3 Å². The highest BCUT2D eigenvalue weighted by molar-refractivity contribution is 5.98. The van der Waals surface area contributed by atoms with Crippen molar-refractivity contribution < 1.29 is 0 Å². The highest BCUT2D eigenvalue weighted by Gasteiger charge is 2.11. The number of rotatable bonds is 3. The highest BCUT2D eigenvalue weighted by atomic mass is 14.9. The summed E-state index contributed by atoms with van der Waals surface area (Å²) in [5.41, 5.74) is 11.3. The van der Waals surface area contributed by atoms with Crippen molar-refractivity contribution in [2.45, 2.75) is 19.9 Å². The molecule has 0 radical (unpaired) electrons. The molecule has 3 aromatic rings. The molecule has 0 fully saturated rings. The van der Waals surface area contributed by atoms with Crippen LogP contribution < -0.4 is 11.1 Å². The first-order valence-electron chi connectivity index (χ1n) is 7.12. The number of nitrogens with two attached hydrogens (primary N) is 1. The van der Waals surface area contributed by atoms with Gasteiger partial charge >= 0.3 is 0 Å². The van der Waals surface area contributed by atoms with Crippen LogP contribution in [0, 0.1) is 6.92 Å². The van der Waals surface area contributed by atoms with E-state index in [0.29, 0.717) is 0 Å². The van der Waals surface area contributed by atoms with E-state index in [4.69, 9.17) is 5.73 Å². The minimum Gasteiger partial charge on any atom is -0.398 e. The standard InChI is InChI=1S/C18H19N3/c1-12-6-3-4-7-14(12)13(2)21-17-10-9-16(19)15-8-5-11-20-18(15)17/h3-11,13,21H,19H2,1-2H3. The minimum absolute atomic E-state index is 0.208. The van der Waals surface area contributed by atoms with Crippen LogP contribution in [0.2, 0.25) is 0 Å². The molecule has 3 rings (SSSR count). The van der Waals surface area contributed by atoms with Crippen LogP contribution in [-0.2, 0) is 0 Å². The van der Waals surface area contributed by atoms with Gasteiger partial charge in [-0.1, -0.05) is 24.3 Å². The third-order valence-electron chi connectivity index (χ3n) is 3.83. The zero-order valence-electron chi connectivity index (χ0n) is 12.3. The molecule has 3 heteroatoms. The van der Waals surface area contributed by atoms with Gasteiger partial charge in [-0.25, -0.2) is 0 Å². The van der Waals surface area contributed by atoms with Crippen molar-refractivity contribution in [1.29, 1.82) is 0 Å². The SMILES string of the molecule is Cc1ccccc1C(C)Nc1ccc(N)c2cccnc12. The van der Waals surface area contributed by atoms with Gasteiger partial charge in [0.25, 0.3) is 0 Å². The lowest BCUT2D eigenvalue weighted by Crippen LogP contribution is -2.09. The van der Waals surface area contributed by atoms with E-state index in [-0.39, 0.29) is 6.04 Å². The van der Waals surface area contributed by atoms with Crippen LogP contribution in [0.25, 0.3) is 10.9 Å². The summed E-state index contributed by atoms with van der Waals surface area (Å²) in [6.45, 7) is 4.29. The van der Waals surface area contributed by atoms with E-state index in [1.54, 1.807) is 6.20 Å². The van der Waals surface area contributed by atoms with Gasteiger partial charge in [0.1, 0.15) is 0 Å². The van der Waals surface area contributed by atoms with Gasteiger partial charge in [0.2, 0.25) is 0 Å². The molecule has 0 aliphatic carbocycles. The molecule has 0 aliphatic heterocycles. The fourth-order valence-corrected chi connectivity index (χ4v) is 2.69. The zero-order valence-corrected chi connectivity index (χ0v) is 12.3. The monoisotopic (exact) mass is 277 g/mol. The first kappa shape index (κ1) is 13.4. The van der Waals surface area contributed by atoms with Gasteiger partial charge in [0.15, 0.2) is 0 Å². The van der Waals surface area contributed by atoms with Crippen LogP contribution in [0.1, 0.15) is 24.1 Å². The van der Waals surface area contributed by atoms with E-state index >= 15 is 0 Å². The van der Waals surface area contributed by atoms with Gasteiger partial charge < -0.3 is 11.1 Å². The summed E-state index contributed by atoms with van der Waals surface area (Å²) in [5.74, 6) is 0. The van der Waals surface area contributed by atoms with Crippen LogP contribution >= 0.6 is 0 Å². The smallest absolute Gasteiger partial charge is 0.0954 e. The van der Waals surface area contributed by atoms with Crippen LogP contribution in [0.3, 0.4) is 0 Å². The van der Waals surface area contributed by atoms with Gasteiger partial charge in [-0.15, -0.1) is 0 Å². The van der Waals surface area contributed by atoms with E-state index in [1.165, 1.54) is 11.1 Å². The van der Waals surface area contributed by atoms with Crippen molar-refractivity contribution in [1.82, 2.24) is 4.98 Å². The van der Waals surface area contributed by atoms with Gasteiger partial charge in [-0.3, -0.25) is 4.98 Å². The average Bonchev–Trinajstić information content (AvgIpc) is 2.51. The maximum absolute atomic E-state index is 6.02. The van der Waals surface area contributed by atoms with Crippen molar-refractivity contribution in [2.24, 2.45) is 0 Å². The van der Waals surface area contributed by atoms with Gasteiger partial charge in [-0.05, 0) is 49.2 Å². The number of nitrogens with zero attached hydrogens (tertiary/aromatic N) is 1. The van der Waals surface area contributed by atoms with E-state index < -0.39 is 0 Å². The first-order valence-corrected chi connectivity index (χ1v) is 7.12. The predicted octanol–water partition coefficient (Wildman–Crippen LogP) is 4.30. The van der Waals surface area contributed by atoms with E-state index in [1.807, 2.05) is 24.3 Å². The summed E-state index contributed by atoms with van der Waals surface area (Å²) in [6.07, 6.45) is 1.80. The molecule has 1 heterocycles. The minimum atomic E-state index is 0.208. The summed E-state index contributed by atoms with van der Waals surface area (Å²) in [4.78, 5) is 4.47. The van der Waals surface area contributed by atoms with Gasteiger partial charge in [-0.2, -0.15) is 0 Å². The van der Waals surface area contributed by atoms with E-state index in [9.17, 15) is 0 Å². The molecule has 1 aromatic heterocycles. The Hall–Kier alpha value is -2.55. The Balaban J connectivity index is 1.99. The number of nitrogen functional groups attached to an aromatic ring is 1. The number of pyridine rings is 1. The molecular formula is C18H19N3. The molecule has 0 bridgehead atoms. The molecule has 0 amide bonds. The molecule has 0 aliphatic rings. The van der Waals surface area contributed by atoms with Crippen LogP contribution in [0.4, 0.5) is 11.4 Å². The topological polar surface area (TPSA) is 50.9 Å². The Morgan fingerprint density at radius 3 is 2.67 bits per heavy atom. The third-order valence-corrected chi connectivity index (χ3v) is 3.83. The van der Waals surface area contributed by atoms with Crippen LogP contribution in [0.15, 0.2) is 54.7 Å². The van der Waals surface area contributed by atoms with Crippen LogP contribution in [-0.4, -0.2) is 4.98 Å². The largest absolute Gasteiger partial charge is 0.398 e. The van der Waals surface area contributed by atoms with Crippen molar-refractivity contribution >= 4 is 22.3 Å². The number of hydrogen-bond acceptors (Lipinski definition) is 3. The quantitative estimate of drug-likeness (QED) is 0.702.